The van der Waals surface area contributed by atoms with Crippen molar-refractivity contribution < 1.29 is 14.4 Å². The summed E-state index contributed by atoms with van der Waals surface area (Å²) in [6, 6.07) is 15.0. The van der Waals surface area contributed by atoms with Gasteiger partial charge in [0.05, 0.1) is 11.5 Å². The number of anilines is 2. The SMILES string of the molecule is Cc1ccc(NC(=O)NCC2CCCN(C(=O)CSCC(=O)Nc3cccc(C)c3)C2)cc1. The van der Waals surface area contributed by atoms with Crippen LogP contribution in [0.5, 0.6) is 0 Å². The molecule has 1 unspecified atom stereocenters. The van der Waals surface area contributed by atoms with Crippen molar-refractivity contribution in [1.82, 2.24) is 10.2 Å². The number of amides is 4. The molecule has 3 N–H and O–H groups in total. The number of hydrogen-bond donors (Lipinski definition) is 3. The van der Waals surface area contributed by atoms with Crippen molar-refractivity contribution in [2.24, 2.45) is 5.92 Å². The number of nitrogens with zero attached hydrogens (tertiary/aromatic N) is 1. The Labute approximate surface area is 199 Å². The minimum Gasteiger partial charge on any atom is -0.342 e. The number of aryl methyl sites for hydroxylation is 2. The van der Waals surface area contributed by atoms with Gasteiger partial charge in [-0.05, 0) is 62.4 Å². The van der Waals surface area contributed by atoms with Crippen LogP contribution in [0.15, 0.2) is 48.5 Å². The second kappa shape index (κ2) is 12.3. The maximum absolute atomic E-state index is 12.6. The van der Waals surface area contributed by atoms with E-state index in [9.17, 15) is 14.4 Å². The molecule has 0 saturated carbocycles. The van der Waals surface area contributed by atoms with Gasteiger partial charge in [0.15, 0.2) is 0 Å². The van der Waals surface area contributed by atoms with E-state index in [1.807, 2.05) is 67.3 Å². The lowest BCUT2D eigenvalue weighted by Crippen LogP contribution is -2.45. The van der Waals surface area contributed by atoms with E-state index in [1.54, 1.807) is 0 Å². The van der Waals surface area contributed by atoms with Gasteiger partial charge in [-0.1, -0.05) is 29.8 Å². The van der Waals surface area contributed by atoms with Crippen molar-refractivity contribution in [2.75, 3.05) is 41.8 Å². The highest BCUT2D eigenvalue weighted by Crippen LogP contribution is 2.18. The predicted octanol–water partition coefficient (Wildman–Crippen LogP) is 4.04. The lowest BCUT2D eigenvalue weighted by atomic mass is 9.98. The molecular formula is C25H32N4O3S. The number of rotatable bonds is 8. The highest BCUT2D eigenvalue weighted by molar-refractivity contribution is 8.00. The first-order valence-corrected chi connectivity index (χ1v) is 12.4. The summed E-state index contributed by atoms with van der Waals surface area (Å²) in [6.45, 7) is 5.84. The van der Waals surface area contributed by atoms with Crippen molar-refractivity contribution in [3.63, 3.8) is 0 Å². The second-order valence-corrected chi connectivity index (χ2v) is 9.45. The number of nitrogens with one attached hydrogen (secondary N) is 3. The third kappa shape index (κ3) is 8.46. The van der Waals surface area contributed by atoms with Crippen LogP contribution in [0, 0.1) is 19.8 Å². The molecule has 2 aromatic rings. The van der Waals surface area contributed by atoms with Gasteiger partial charge in [-0.25, -0.2) is 4.79 Å². The summed E-state index contributed by atoms with van der Waals surface area (Å²) < 4.78 is 0. The number of benzene rings is 2. The van der Waals surface area contributed by atoms with Crippen molar-refractivity contribution in [3.05, 3.63) is 59.7 Å². The number of piperidine rings is 1. The smallest absolute Gasteiger partial charge is 0.319 e. The fourth-order valence-corrected chi connectivity index (χ4v) is 4.47. The first-order chi connectivity index (χ1) is 15.9. The number of urea groups is 1. The van der Waals surface area contributed by atoms with Crippen LogP contribution in [0.4, 0.5) is 16.2 Å². The molecule has 4 amide bonds. The lowest BCUT2D eigenvalue weighted by molar-refractivity contribution is -0.130. The van der Waals surface area contributed by atoms with Crippen molar-refractivity contribution in [2.45, 2.75) is 26.7 Å². The number of hydrogen-bond acceptors (Lipinski definition) is 4. The number of carbonyl (C=O) groups excluding carboxylic acids is 3. The van der Waals surface area contributed by atoms with Gasteiger partial charge in [0.1, 0.15) is 0 Å². The molecule has 7 nitrogen and oxygen atoms in total. The van der Waals surface area contributed by atoms with Gasteiger partial charge < -0.3 is 20.9 Å². The zero-order chi connectivity index (χ0) is 23.6. The Hall–Kier alpha value is -3.00. The van der Waals surface area contributed by atoms with Crippen molar-refractivity contribution in [1.29, 1.82) is 0 Å². The fourth-order valence-electron chi connectivity index (χ4n) is 3.75. The minimum atomic E-state index is -0.238. The van der Waals surface area contributed by atoms with Gasteiger partial charge in [-0.3, -0.25) is 9.59 Å². The van der Waals surface area contributed by atoms with E-state index in [1.165, 1.54) is 11.8 Å². The van der Waals surface area contributed by atoms with Gasteiger partial charge >= 0.3 is 6.03 Å². The third-order valence-electron chi connectivity index (χ3n) is 5.49. The van der Waals surface area contributed by atoms with E-state index in [-0.39, 0.29) is 35.3 Å². The number of carbonyl (C=O) groups is 3. The Morgan fingerprint density at radius 1 is 0.970 bits per heavy atom. The Balaban J connectivity index is 1.35. The van der Waals surface area contributed by atoms with E-state index in [0.29, 0.717) is 13.1 Å². The molecule has 1 saturated heterocycles. The van der Waals surface area contributed by atoms with Gasteiger partial charge in [-0.15, -0.1) is 11.8 Å². The zero-order valence-electron chi connectivity index (χ0n) is 19.2. The molecule has 2 aromatic carbocycles. The topological polar surface area (TPSA) is 90.5 Å². The number of likely N-dealkylation sites (tertiary alicyclic amines) is 1. The van der Waals surface area contributed by atoms with E-state index in [2.05, 4.69) is 16.0 Å². The molecular weight excluding hydrogens is 436 g/mol. The van der Waals surface area contributed by atoms with Crippen LogP contribution in [-0.4, -0.2) is 53.9 Å². The molecule has 0 aliphatic carbocycles. The molecule has 0 radical (unpaired) electrons. The molecule has 33 heavy (non-hydrogen) atoms. The summed E-state index contributed by atoms with van der Waals surface area (Å²) in [5, 5.41) is 8.60. The van der Waals surface area contributed by atoms with Gasteiger partial charge in [0.2, 0.25) is 11.8 Å². The second-order valence-electron chi connectivity index (χ2n) is 8.46. The summed E-state index contributed by atoms with van der Waals surface area (Å²) in [5.74, 6) is 0.657. The third-order valence-corrected chi connectivity index (χ3v) is 6.41. The molecule has 0 bridgehead atoms. The first kappa shape index (κ1) is 24.6. The van der Waals surface area contributed by atoms with Crippen LogP contribution in [-0.2, 0) is 9.59 Å². The summed E-state index contributed by atoms with van der Waals surface area (Å²) in [5.41, 5.74) is 3.74. The minimum absolute atomic E-state index is 0.0390. The normalized spacial score (nSPS) is 15.6. The summed E-state index contributed by atoms with van der Waals surface area (Å²) >= 11 is 1.33. The van der Waals surface area contributed by atoms with E-state index in [4.69, 9.17) is 0 Å². The van der Waals surface area contributed by atoms with E-state index < -0.39 is 0 Å². The Morgan fingerprint density at radius 3 is 2.52 bits per heavy atom. The molecule has 8 heteroatoms. The van der Waals surface area contributed by atoms with Crippen LogP contribution >= 0.6 is 11.8 Å². The quantitative estimate of drug-likeness (QED) is 0.545. The monoisotopic (exact) mass is 468 g/mol. The lowest BCUT2D eigenvalue weighted by Gasteiger charge is -2.32. The molecule has 1 heterocycles. The van der Waals surface area contributed by atoms with Gasteiger partial charge in [0, 0.05) is 31.0 Å². The highest BCUT2D eigenvalue weighted by Gasteiger charge is 2.24. The standard InChI is InChI=1S/C25H32N4O3S/c1-18-8-10-21(11-9-18)28-25(32)26-14-20-6-4-12-29(15-20)24(31)17-33-16-23(30)27-22-7-3-5-19(2)13-22/h3,5,7-11,13,20H,4,6,12,14-17H2,1-2H3,(H,27,30)(H2,26,28,32). The molecule has 1 fully saturated rings. The maximum atomic E-state index is 12.6. The Bertz CT molecular complexity index is 964. The van der Waals surface area contributed by atoms with Crippen molar-refractivity contribution in [3.8, 4) is 0 Å². The zero-order valence-corrected chi connectivity index (χ0v) is 20.0. The molecule has 0 aromatic heterocycles. The van der Waals surface area contributed by atoms with Gasteiger partial charge in [0.25, 0.3) is 0 Å². The highest BCUT2D eigenvalue weighted by atomic mass is 32.2. The summed E-state index contributed by atoms with van der Waals surface area (Å²) in [7, 11) is 0. The molecule has 1 atom stereocenters. The first-order valence-electron chi connectivity index (χ1n) is 11.2. The van der Waals surface area contributed by atoms with Crippen LogP contribution in [0.25, 0.3) is 0 Å². The van der Waals surface area contributed by atoms with Gasteiger partial charge in [-0.2, -0.15) is 0 Å². The average molecular weight is 469 g/mol. The van der Waals surface area contributed by atoms with E-state index >= 15 is 0 Å². The van der Waals surface area contributed by atoms with Crippen LogP contribution in [0.3, 0.4) is 0 Å². The summed E-state index contributed by atoms with van der Waals surface area (Å²) in [6.07, 6.45) is 1.89. The van der Waals surface area contributed by atoms with E-state index in [0.717, 1.165) is 41.9 Å². The fraction of sp³-hybridized carbons (Fsp3) is 0.400. The van der Waals surface area contributed by atoms with Crippen LogP contribution in [0.1, 0.15) is 24.0 Å². The molecule has 3 rings (SSSR count). The molecule has 1 aliphatic rings. The van der Waals surface area contributed by atoms with Crippen LogP contribution < -0.4 is 16.0 Å². The Kier molecular flexibility index (Phi) is 9.18. The molecule has 176 valence electrons. The molecule has 0 spiro atoms. The maximum Gasteiger partial charge on any atom is 0.319 e. The van der Waals surface area contributed by atoms with Crippen LogP contribution in [0.2, 0.25) is 0 Å². The largest absolute Gasteiger partial charge is 0.342 e. The molecule has 1 aliphatic heterocycles. The Morgan fingerprint density at radius 2 is 1.76 bits per heavy atom. The summed E-state index contributed by atoms with van der Waals surface area (Å²) in [4.78, 5) is 38.7. The predicted molar refractivity (Wildman–Crippen MR) is 135 cm³/mol. The van der Waals surface area contributed by atoms with Crippen molar-refractivity contribution >= 4 is 41.0 Å². The number of thioether (sulfide) groups is 1. The average Bonchev–Trinajstić information content (AvgIpc) is 2.79.